The van der Waals surface area contributed by atoms with E-state index in [1.807, 2.05) is 0 Å². The van der Waals surface area contributed by atoms with E-state index in [-0.39, 0.29) is 0 Å². The summed E-state index contributed by atoms with van der Waals surface area (Å²) in [7, 11) is 0. The number of halogens is 1. The molecular formula is C8H16ClN. The summed E-state index contributed by atoms with van der Waals surface area (Å²) in [5.74, 6) is 0.747. The predicted octanol–water partition coefficient (Wildman–Crippen LogP) is 2.15. The molecule has 1 fully saturated rings. The summed E-state index contributed by atoms with van der Waals surface area (Å²) in [5, 5.41) is 3.44. The topological polar surface area (TPSA) is 12.0 Å². The molecule has 1 aliphatic carbocycles. The molecule has 0 aliphatic heterocycles. The van der Waals surface area contributed by atoms with Crippen LogP contribution in [0.15, 0.2) is 0 Å². The van der Waals surface area contributed by atoms with Crippen LogP contribution >= 0.6 is 11.6 Å². The summed E-state index contributed by atoms with van der Waals surface area (Å²) in [5.41, 5.74) is 0. The first-order chi connectivity index (χ1) is 4.93. The molecule has 1 N–H and O–H groups in total. The van der Waals surface area contributed by atoms with Gasteiger partial charge in [-0.2, -0.15) is 0 Å². The Kier molecular flexibility index (Phi) is 4.15. The molecule has 0 aromatic carbocycles. The maximum Gasteiger partial charge on any atom is 0.0348 e. The molecule has 1 aliphatic rings. The smallest absolute Gasteiger partial charge is 0.0348 e. The second-order valence-electron chi connectivity index (χ2n) is 2.98. The zero-order chi connectivity index (χ0) is 7.23. The van der Waals surface area contributed by atoms with Crippen LogP contribution in [0.5, 0.6) is 0 Å². The van der Waals surface area contributed by atoms with Gasteiger partial charge in [0.1, 0.15) is 0 Å². The van der Waals surface area contributed by atoms with Crippen molar-refractivity contribution in [1.29, 1.82) is 0 Å². The molecule has 1 saturated carbocycles. The van der Waals surface area contributed by atoms with Crippen LogP contribution in [0.2, 0.25) is 0 Å². The van der Waals surface area contributed by atoms with Crippen LogP contribution in [0.25, 0.3) is 0 Å². The Morgan fingerprint density at radius 1 is 1.20 bits per heavy atom. The molecule has 10 heavy (non-hydrogen) atoms. The van der Waals surface area contributed by atoms with Gasteiger partial charge in [-0.15, -0.1) is 11.6 Å². The third-order valence-corrected chi connectivity index (χ3v) is 2.32. The SMILES string of the molecule is ClCCNC1CCCCC1. The Morgan fingerprint density at radius 2 is 1.90 bits per heavy atom. The van der Waals surface area contributed by atoms with Crippen LogP contribution in [0.3, 0.4) is 0 Å². The third kappa shape index (κ3) is 2.89. The lowest BCUT2D eigenvalue weighted by Crippen LogP contribution is -2.32. The predicted molar refractivity (Wildman–Crippen MR) is 45.6 cm³/mol. The van der Waals surface area contributed by atoms with Gasteiger partial charge < -0.3 is 5.32 Å². The fourth-order valence-electron chi connectivity index (χ4n) is 1.57. The Labute approximate surface area is 68.1 Å². The van der Waals surface area contributed by atoms with Crippen LogP contribution < -0.4 is 5.32 Å². The van der Waals surface area contributed by atoms with E-state index < -0.39 is 0 Å². The molecule has 0 bridgehead atoms. The molecular weight excluding hydrogens is 146 g/mol. The third-order valence-electron chi connectivity index (χ3n) is 2.13. The molecule has 1 rings (SSSR count). The van der Waals surface area contributed by atoms with E-state index in [2.05, 4.69) is 5.32 Å². The molecule has 60 valence electrons. The lowest BCUT2D eigenvalue weighted by atomic mass is 9.96. The number of hydrogen-bond acceptors (Lipinski definition) is 1. The zero-order valence-corrected chi connectivity index (χ0v) is 7.16. The standard InChI is InChI=1S/C8H16ClN/c9-6-7-10-8-4-2-1-3-5-8/h8,10H,1-7H2. The molecule has 0 aromatic heterocycles. The van der Waals surface area contributed by atoms with E-state index in [0.29, 0.717) is 0 Å². The number of rotatable bonds is 3. The summed E-state index contributed by atoms with van der Waals surface area (Å²) in [4.78, 5) is 0. The summed E-state index contributed by atoms with van der Waals surface area (Å²) >= 11 is 5.56. The van der Waals surface area contributed by atoms with Crippen molar-refractivity contribution in [1.82, 2.24) is 5.32 Å². The highest BCUT2D eigenvalue weighted by Gasteiger charge is 2.10. The van der Waals surface area contributed by atoms with Crippen LogP contribution in [-0.2, 0) is 0 Å². The number of nitrogens with one attached hydrogen (secondary N) is 1. The maximum absolute atomic E-state index is 5.56. The van der Waals surface area contributed by atoms with Gasteiger partial charge in [-0.25, -0.2) is 0 Å². The van der Waals surface area contributed by atoms with Gasteiger partial charge in [-0.05, 0) is 12.8 Å². The van der Waals surface area contributed by atoms with E-state index in [9.17, 15) is 0 Å². The molecule has 0 radical (unpaired) electrons. The molecule has 0 heterocycles. The van der Waals surface area contributed by atoms with Gasteiger partial charge in [0.25, 0.3) is 0 Å². The van der Waals surface area contributed by atoms with Crippen LogP contribution in [0.4, 0.5) is 0 Å². The van der Waals surface area contributed by atoms with Crippen LogP contribution in [0, 0.1) is 0 Å². The quantitative estimate of drug-likeness (QED) is 0.626. The fourth-order valence-corrected chi connectivity index (χ4v) is 1.67. The van der Waals surface area contributed by atoms with Gasteiger partial charge in [-0.1, -0.05) is 19.3 Å². The van der Waals surface area contributed by atoms with E-state index in [1.54, 1.807) is 0 Å². The normalized spacial score (nSPS) is 21.3. The van der Waals surface area contributed by atoms with Crippen molar-refractivity contribution >= 4 is 11.6 Å². The second-order valence-corrected chi connectivity index (χ2v) is 3.36. The Balaban J connectivity index is 2.02. The summed E-state index contributed by atoms with van der Waals surface area (Å²) < 4.78 is 0. The highest BCUT2D eigenvalue weighted by molar-refractivity contribution is 6.18. The summed E-state index contributed by atoms with van der Waals surface area (Å²) in [6.45, 7) is 0.978. The minimum Gasteiger partial charge on any atom is -0.313 e. The average molecular weight is 162 g/mol. The summed E-state index contributed by atoms with van der Waals surface area (Å²) in [6.07, 6.45) is 6.95. The van der Waals surface area contributed by atoms with Crippen molar-refractivity contribution in [3.63, 3.8) is 0 Å². The molecule has 0 spiro atoms. The Bertz CT molecular complexity index is 79.3. The first-order valence-corrected chi connectivity index (χ1v) is 4.76. The molecule has 0 unspecified atom stereocenters. The lowest BCUT2D eigenvalue weighted by Gasteiger charge is -2.22. The van der Waals surface area contributed by atoms with E-state index in [0.717, 1.165) is 18.5 Å². The van der Waals surface area contributed by atoms with E-state index in [1.165, 1.54) is 32.1 Å². The molecule has 0 atom stereocenters. The highest BCUT2D eigenvalue weighted by Crippen LogP contribution is 2.16. The van der Waals surface area contributed by atoms with Crippen LogP contribution in [0.1, 0.15) is 32.1 Å². The molecule has 0 amide bonds. The first-order valence-electron chi connectivity index (χ1n) is 4.23. The Hall–Kier alpha value is 0.250. The number of alkyl halides is 1. The van der Waals surface area contributed by atoms with Gasteiger partial charge in [0, 0.05) is 18.5 Å². The Morgan fingerprint density at radius 3 is 2.50 bits per heavy atom. The first kappa shape index (κ1) is 8.35. The maximum atomic E-state index is 5.56. The minimum atomic E-state index is 0.747. The zero-order valence-electron chi connectivity index (χ0n) is 6.41. The summed E-state index contributed by atoms with van der Waals surface area (Å²) in [6, 6.07) is 0.771. The van der Waals surface area contributed by atoms with E-state index in [4.69, 9.17) is 11.6 Å². The second kappa shape index (κ2) is 4.97. The van der Waals surface area contributed by atoms with Crippen molar-refractivity contribution in [2.75, 3.05) is 12.4 Å². The minimum absolute atomic E-state index is 0.747. The molecule has 0 saturated heterocycles. The van der Waals surface area contributed by atoms with Gasteiger partial charge >= 0.3 is 0 Å². The lowest BCUT2D eigenvalue weighted by molar-refractivity contribution is 0.381. The average Bonchev–Trinajstić information content (AvgIpc) is 2.03. The van der Waals surface area contributed by atoms with Gasteiger partial charge in [-0.3, -0.25) is 0 Å². The monoisotopic (exact) mass is 161 g/mol. The highest BCUT2D eigenvalue weighted by atomic mass is 35.5. The van der Waals surface area contributed by atoms with Gasteiger partial charge in [0.2, 0.25) is 0 Å². The number of hydrogen-bond donors (Lipinski definition) is 1. The van der Waals surface area contributed by atoms with Gasteiger partial charge in [0.05, 0.1) is 0 Å². The van der Waals surface area contributed by atoms with Crippen LogP contribution in [-0.4, -0.2) is 18.5 Å². The largest absolute Gasteiger partial charge is 0.313 e. The van der Waals surface area contributed by atoms with Crippen molar-refractivity contribution < 1.29 is 0 Å². The molecule has 0 aromatic rings. The van der Waals surface area contributed by atoms with Gasteiger partial charge in [0.15, 0.2) is 0 Å². The van der Waals surface area contributed by atoms with Crippen molar-refractivity contribution in [3.05, 3.63) is 0 Å². The van der Waals surface area contributed by atoms with E-state index >= 15 is 0 Å². The molecule has 2 heteroatoms. The fraction of sp³-hybridized carbons (Fsp3) is 1.00. The van der Waals surface area contributed by atoms with Crippen molar-refractivity contribution in [3.8, 4) is 0 Å². The van der Waals surface area contributed by atoms with Crippen molar-refractivity contribution in [2.24, 2.45) is 0 Å². The van der Waals surface area contributed by atoms with Crippen molar-refractivity contribution in [2.45, 2.75) is 38.1 Å². The molecule has 1 nitrogen and oxygen atoms in total.